The van der Waals surface area contributed by atoms with E-state index in [1.165, 1.54) is 38.5 Å². The minimum atomic E-state index is -4.16. The largest absolute Gasteiger partial charge is 0.497 e. The zero-order valence-corrected chi connectivity index (χ0v) is 46.9. The molecule has 4 aromatic carbocycles. The Kier molecular flexibility index (Phi) is 24.0. The highest BCUT2D eigenvalue weighted by Gasteiger charge is 2.37. The second kappa shape index (κ2) is 30.3. The van der Waals surface area contributed by atoms with Crippen molar-refractivity contribution in [3.8, 4) is 11.5 Å². The first-order valence-electron chi connectivity index (χ1n) is 26.6. The molecular formula is C56H78N4O16S2. The normalized spacial score (nSPS) is 17.7. The number of carbonyl (C=O) groups is 2. The van der Waals surface area contributed by atoms with Gasteiger partial charge >= 0.3 is 12.2 Å². The molecule has 0 bridgehead atoms. The Morgan fingerprint density at radius 2 is 0.962 bits per heavy atom. The van der Waals surface area contributed by atoms with Crippen molar-refractivity contribution >= 4 is 32.2 Å². The zero-order valence-electron chi connectivity index (χ0n) is 45.3. The number of alkyl carbamates (subject to hydrolysis) is 2. The van der Waals surface area contributed by atoms with Crippen LogP contribution in [0.2, 0.25) is 0 Å². The van der Waals surface area contributed by atoms with Crippen molar-refractivity contribution in [2.24, 2.45) is 0 Å². The van der Waals surface area contributed by atoms with Crippen LogP contribution in [0.15, 0.2) is 119 Å². The van der Waals surface area contributed by atoms with Gasteiger partial charge in [-0.1, -0.05) is 108 Å². The Morgan fingerprint density at radius 1 is 0.577 bits per heavy atom. The molecule has 3 aliphatic rings. The second-order valence-corrected chi connectivity index (χ2v) is 24.1. The monoisotopic (exact) mass is 1130 g/mol. The number of hydroxylamine groups is 2. The van der Waals surface area contributed by atoms with Crippen LogP contribution in [-0.4, -0.2) is 144 Å². The average Bonchev–Trinajstić information content (AvgIpc) is 3.47. The molecule has 2 amide bonds. The molecular weight excluding hydrogens is 1050 g/mol. The van der Waals surface area contributed by atoms with E-state index in [-0.39, 0.29) is 61.4 Å². The Balaban J connectivity index is 0.000000253. The summed E-state index contributed by atoms with van der Waals surface area (Å²) in [5, 5.41) is 28.2. The van der Waals surface area contributed by atoms with Crippen molar-refractivity contribution in [1.82, 2.24) is 19.6 Å². The van der Waals surface area contributed by atoms with Gasteiger partial charge in [-0.3, -0.25) is 9.68 Å². The molecule has 1 aliphatic heterocycles. The molecule has 22 heteroatoms. The maximum atomic E-state index is 13.7. The minimum Gasteiger partial charge on any atom is -0.497 e. The van der Waals surface area contributed by atoms with Gasteiger partial charge in [0.05, 0.1) is 86.8 Å². The van der Waals surface area contributed by atoms with Gasteiger partial charge < -0.3 is 49.3 Å². The van der Waals surface area contributed by atoms with E-state index >= 15 is 0 Å². The molecule has 430 valence electrons. The van der Waals surface area contributed by atoms with Crippen molar-refractivity contribution < 1.29 is 74.7 Å². The van der Waals surface area contributed by atoms with Gasteiger partial charge in [-0.25, -0.2) is 26.4 Å². The average molecular weight is 1130 g/mol. The number of sulfonamides is 2. The Morgan fingerprint density at radius 3 is 1.33 bits per heavy atom. The third kappa shape index (κ3) is 19.7. The summed E-state index contributed by atoms with van der Waals surface area (Å²) in [5.74, 6) is 1.03. The van der Waals surface area contributed by atoms with E-state index in [9.17, 15) is 36.6 Å². The number of aliphatic hydroxyl groups excluding tert-OH is 2. The summed E-state index contributed by atoms with van der Waals surface area (Å²) < 4.78 is 88.0. The number of aliphatic hydroxyl groups is 2. The summed E-state index contributed by atoms with van der Waals surface area (Å²) >= 11 is 0. The van der Waals surface area contributed by atoms with E-state index in [1.807, 2.05) is 60.7 Å². The van der Waals surface area contributed by atoms with Crippen molar-refractivity contribution in [2.75, 3.05) is 47.3 Å². The molecule has 20 nitrogen and oxygen atoms in total. The molecule has 0 unspecified atom stereocenters. The molecule has 0 spiro atoms. The van der Waals surface area contributed by atoms with E-state index in [1.54, 1.807) is 45.0 Å². The molecule has 2 saturated carbocycles. The van der Waals surface area contributed by atoms with E-state index in [4.69, 9.17) is 38.1 Å². The molecule has 2 aliphatic carbocycles. The van der Waals surface area contributed by atoms with E-state index in [0.717, 1.165) is 71.4 Å². The topological polar surface area (TPSA) is 247 Å². The third-order valence-electron chi connectivity index (χ3n) is 13.1. The first-order valence-corrected chi connectivity index (χ1v) is 29.4. The molecule has 1 heterocycles. The number of carbonyl (C=O) groups excluding carboxylic acids is 2. The fourth-order valence-electron chi connectivity index (χ4n) is 8.99. The molecule has 4 atom stereocenters. The van der Waals surface area contributed by atoms with Crippen LogP contribution in [0.1, 0.15) is 96.1 Å². The number of nitrogens with zero attached hydrogens (tertiary/aromatic N) is 2. The van der Waals surface area contributed by atoms with Crippen molar-refractivity contribution in [2.45, 2.75) is 156 Å². The highest BCUT2D eigenvalue weighted by atomic mass is 32.2. The molecule has 4 N–H and O–H groups in total. The van der Waals surface area contributed by atoms with Gasteiger partial charge in [-0.05, 0) is 119 Å². The van der Waals surface area contributed by atoms with Crippen molar-refractivity contribution in [3.05, 3.63) is 120 Å². The lowest BCUT2D eigenvalue weighted by molar-refractivity contribution is -0.157. The lowest BCUT2D eigenvalue weighted by Gasteiger charge is -2.33. The maximum Gasteiger partial charge on any atom is 0.407 e. The van der Waals surface area contributed by atoms with E-state index in [0.29, 0.717) is 24.3 Å². The first-order chi connectivity index (χ1) is 37.3. The van der Waals surface area contributed by atoms with Gasteiger partial charge in [0.15, 0.2) is 6.10 Å². The zero-order chi connectivity index (χ0) is 56.1. The van der Waals surface area contributed by atoms with Gasteiger partial charge in [-0.15, -0.1) is 0 Å². The molecule has 3 fully saturated rings. The molecule has 7 rings (SSSR count). The Bertz CT molecular complexity index is 2630. The van der Waals surface area contributed by atoms with Crippen LogP contribution in [0.25, 0.3) is 0 Å². The molecule has 78 heavy (non-hydrogen) atoms. The van der Waals surface area contributed by atoms with Crippen molar-refractivity contribution in [1.29, 1.82) is 0 Å². The SMILES string of the molecule is COc1ccc(S(=O)(=O)N(C[C@@H](O)[C@H](Cc2ccccc2)NC(=O)OC(C)(C)C)OC2CCCCC2)cc1.COc1ccc(S(=O)(=O)N(C[C@@H](O)[C@H](Cc2ccccc2)NC(=O)OC2COCOC2)OC2CCCCC2)cc1. The quantitative estimate of drug-likeness (QED) is 0.0526. The van der Waals surface area contributed by atoms with Gasteiger partial charge in [0.25, 0.3) is 20.0 Å². The number of hydrogen-bond acceptors (Lipinski definition) is 16. The van der Waals surface area contributed by atoms with Gasteiger partial charge in [0.1, 0.15) is 23.9 Å². The fourth-order valence-corrected chi connectivity index (χ4v) is 11.6. The number of amides is 2. The predicted molar refractivity (Wildman–Crippen MR) is 289 cm³/mol. The van der Waals surface area contributed by atoms with E-state index in [2.05, 4.69) is 10.6 Å². The fraction of sp³-hybridized carbons (Fsp3) is 0.536. The number of rotatable bonds is 23. The summed E-state index contributed by atoms with van der Waals surface area (Å²) in [6.45, 7) is 4.99. The van der Waals surface area contributed by atoms with Crippen LogP contribution in [0.3, 0.4) is 0 Å². The Hall–Kier alpha value is -5.40. The highest BCUT2D eigenvalue weighted by molar-refractivity contribution is 7.89. The van der Waals surface area contributed by atoms with E-state index < -0.39 is 74.8 Å². The summed E-state index contributed by atoms with van der Waals surface area (Å²) in [6, 6.07) is 28.9. The molecule has 0 radical (unpaired) electrons. The number of methoxy groups -OCH3 is 2. The lowest BCUT2D eigenvalue weighted by Crippen LogP contribution is -2.52. The molecule has 1 saturated heterocycles. The summed E-state index contributed by atoms with van der Waals surface area (Å²) in [7, 11) is -5.29. The lowest BCUT2D eigenvalue weighted by atomic mass is 9.98. The van der Waals surface area contributed by atoms with Crippen molar-refractivity contribution in [3.63, 3.8) is 0 Å². The second-order valence-electron chi connectivity index (χ2n) is 20.5. The van der Waals surface area contributed by atoms with Crippen LogP contribution >= 0.6 is 0 Å². The van der Waals surface area contributed by atoms with Crippen LogP contribution in [0, 0.1) is 0 Å². The Labute approximate surface area is 459 Å². The van der Waals surface area contributed by atoms with Crippen LogP contribution in [0.5, 0.6) is 11.5 Å². The highest BCUT2D eigenvalue weighted by Crippen LogP contribution is 2.29. The first kappa shape index (κ1) is 61.8. The van der Waals surface area contributed by atoms with Gasteiger partial charge in [-0.2, -0.15) is 0 Å². The minimum absolute atomic E-state index is 0.000543. The summed E-state index contributed by atoms with van der Waals surface area (Å²) in [6.07, 6.45) is 4.02. The van der Waals surface area contributed by atoms with Crippen LogP contribution in [-0.2, 0) is 61.5 Å². The number of benzene rings is 4. The van der Waals surface area contributed by atoms with Crippen LogP contribution < -0.4 is 20.1 Å². The number of ether oxygens (including phenoxy) is 6. The van der Waals surface area contributed by atoms with Crippen LogP contribution in [0.4, 0.5) is 9.59 Å². The molecule has 4 aromatic rings. The number of hydrogen-bond donors (Lipinski definition) is 4. The third-order valence-corrected chi connectivity index (χ3v) is 16.4. The molecule has 0 aromatic heterocycles. The standard InChI is InChI=1S/C28H38N2O9S.C28H40N2O7S/c1-35-22-12-14-25(15-13-22)40(33,34)30(39-23-10-6-3-7-11-23)17-27(31)26(16-21-8-4-2-5-9-21)29-28(32)38-24-18-36-20-37-19-24;1-28(2,3)36-27(32)29-25(19-21-11-7-5-8-12-21)26(31)20-30(37-23-13-9-6-10-14-23)38(33,34)24-17-15-22(35-4)16-18-24/h2,4-5,8-9,12-15,23-24,26-27,31H,3,6-7,10-11,16-20H2,1H3,(H,29,32);5,7-8,11-12,15-18,23,25-26,31H,6,9-10,13-14,19-20H2,1-4H3,(H,29,32)/t26-,27+;25-,26+/m00/s1. The predicted octanol–water partition coefficient (Wildman–Crippen LogP) is 7.47. The maximum absolute atomic E-state index is 13.7. The van der Waals surface area contributed by atoms with Gasteiger partial charge in [0.2, 0.25) is 0 Å². The summed E-state index contributed by atoms with van der Waals surface area (Å²) in [5.41, 5.74) is 0.972. The number of nitrogens with one attached hydrogen (secondary N) is 2. The van der Waals surface area contributed by atoms with Gasteiger partial charge in [0, 0.05) is 0 Å². The smallest absolute Gasteiger partial charge is 0.407 e. The summed E-state index contributed by atoms with van der Waals surface area (Å²) in [4.78, 5) is 37.5.